The van der Waals surface area contributed by atoms with Gasteiger partial charge in [-0.1, -0.05) is 58.9 Å². The molecular formula is C29H48N6. The van der Waals surface area contributed by atoms with Crippen molar-refractivity contribution >= 4 is 17.6 Å². The molecule has 3 aliphatic rings. The fourth-order valence-electron chi connectivity index (χ4n) is 5.84. The van der Waals surface area contributed by atoms with E-state index in [9.17, 15) is 0 Å². The van der Waals surface area contributed by atoms with Gasteiger partial charge in [0.1, 0.15) is 11.6 Å². The third kappa shape index (κ3) is 6.38. The van der Waals surface area contributed by atoms with Crippen molar-refractivity contribution in [2.45, 2.75) is 66.3 Å². The topological polar surface area (TPSA) is 47.5 Å². The van der Waals surface area contributed by atoms with Crippen LogP contribution in [0, 0.1) is 22.7 Å². The van der Waals surface area contributed by atoms with Crippen LogP contribution in [0.1, 0.15) is 60.3 Å². The lowest BCUT2D eigenvalue weighted by molar-refractivity contribution is 0.161. The Bertz CT molecular complexity index is 900. The van der Waals surface area contributed by atoms with Crippen LogP contribution in [0.2, 0.25) is 0 Å². The first-order valence-electron chi connectivity index (χ1n) is 13.7. The molecule has 4 rings (SSSR count). The third-order valence-electron chi connectivity index (χ3n) is 8.71. The molecule has 0 amide bonds. The summed E-state index contributed by atoms with van der Waals surface area (Å²) < 4.78 is 0. The first-order chi connectivity index (χ1) is 16.5. The highest BCUT2D eigenvalue weighted by molar-refractivity contribution is 5.54. The molecule has 0 bridgehead atoms. The number of nitrogens with one attached hydrogen (secondary N) is 1. The second kappa shape index (κ2) is 10.5. The maximum absolute atomic E-state index is 5.01. The largest absolute Gasteiger partial charge is 0.367 e. The van der Waals surface area contributed by atoms with Crippen LogP contribution in [0.4, 0.5) is 17.6 Å². The first kappa shape index (κ1) is 26.0. The number of anilines is 3. The van der Waals surface area contributed by atoms with E-state index in [2.05, 4.69) is 99.1 Å². The van der Waals surface area contributed by atoms with Gasteiger partial charge in [0.25, 0.3) is 0 Å². The van der Waals surface area contributed by atoms with Crippen LogP contribution in [0.15, 0.2) is 30.4 Å². The highest BCUT2D eigenvalue weighted by Gasteiger charge is 2.33. The Kier molecular flexibility index (Phi) is 7.80. The van der Waals surface area contributed by atoms with E-state index in [-0.39, 0.29) is 5.41 Å². The summed E-state index contributed by atoms with van der Waals surface area (Å²) in [6.45, 7) is 17.0. The molecule has 2 unspecified atom stereocenters. The van der Waals surface area contributed by atoms with Gasteiger partial charge in [0.05, 0.1) is 0 Å². The van der Waals surface area contributed by atoms with Crippen LogP contribution in [0.25, 0.3) is 0 Å². The van der Waals surface area contributed by atoms with Gasteiger partial charge < -0.3 is 15.1 Å². The lowest BCUT2D eigenvalue weighted by Crippen LogP contribution is -2.50. The Morgan fingerprint density at radius 3 is 2.31 bits per heavy atom. The third-order valence-corrected chi connectivity index (χ3v) is 8.71. The maximum atomic E-state index is 5.01. The number of rotatable bonds is 6. The highest BCUT2D eigenvalue weighted by Crippen LogP contribution is 2.38. The Labute approximate surface area is 213 Å². The quantitative estimate of drug-likeness (QED) is 0.584. The normalized spacial score (nSPS) is 29.9. The summed E-state index contributed by atoms with van der Waals surface area (Å²) in [6, 6.07) is 2.62. The lowest BCUT2D eigenvalue weighted by atomic mass is 9.71. The molecule has 1 N–H and O–H groups in total. The van der Waals surface area contributed by atoms with Crippen molar-refractivity contribution < 1.29 is 0 Å². The smallest absolute Gasteiger partial charge is 0.229 e. The molecule has 0 spiro atoms. The number of piperazine rings is 1. The minimum atomic E-state index is 0.210. The van der Waals surface area contributed by atoms with E-state index in [0.717, 1.165) is 56.2 Å². The molecule has 2 aliphatic carbocycles. The molecule has 0 radical (unpaired) electrons. The van der Waals surface area contributed by atoms with Crippen molar-refractivity contribution in [2.24, 2.45) is 22.7 Å². The summed E-state index contributed by atoms with van der Waals surface area (Å²) in [5, 5.41) is 3.77. The molecule has 1 saturated heterocycles. The van der Waals surface area contributed by atoms with E-state index in [1.807, 2.05) is 0 Å². The summed E-state index contributed by atoms with van der Waals surface area (Å²) in [7, 11) is 4.13. The first-order valence-corrected chi connectivity index (χ1v) is 13.7. The summed E-state index contributed by atoms with van der Waals surface area (Å²) in [6.07, 6.45) is 14.1. The highest BCUT2D eigenvalue weighted by atomic mass is 15.3. The van der Waals surface area contributed by atoms with E-state index in [1.54, 1.807) is 0 Å². The van der Waals surface area contributed by atoms with Crippen LogP contribution in [0.5, 0.6) is 0 Å². The average Bonchev–Trinajstić information content (AvgIpc) is 2.81. The standard InChI is InChI=1S/C29H48N6/c1-22-10-8-9-15-29(22,5)21-34-16-18-35(19-17-34)27-31-25(20-26(32-27)33(6)7)30-24-13-11-23(12-14-24)28(2,3)4/h8-10,15,20,22-24H,11-14,16-19,21H2,1-7H3,(H,30,31,32). The van der Waals surface area contributed by atoms with Crippen molar-refractivity contribution in [1.82, 2.24) is 14.9 Å². The Balaban J connectivity index is 1.38. The fraction of sp³-hybridized carbons (Fsp3) is 0.724. The van der Waals surface area contributed by atoms with Gasteiger partial charge >= 0.3 is 0 Å². The Morgan fingerprint density at radius 2 is 1.71 bits per heavy atom. The number of hydrogen-bond acceptors (Lipinski definition) is 6. The van der Waals surface area contributed by atoms with Crippen molar-refractivity contribution in [3.63, 3.8) is 0 Å². The van der Waals surface area contributed by atoms with Gasteiger partial charge in [-0.05, 0) is 42.9 Å². The predicted octanol–water partition coefficient (Wildman–Crippen LogP) is 5.45. The summed E-state index contributed by atoms with van der Waals surface area (Å²) >= 11 is 0. The van der Waals surface area contributed by atoms with Crippen LogP contribution in [-0.2, 0) is 0 Å². The molecule has 2 heterocycles. The molecule has 6 nitrogen and oxygen atoms in total. The van der Waals surface area contributed by atoms with Gasteiger partial charge in [0.2, 0.25) is 5.95 Å². The van der Waals surface area contributed by atoms with Crippen molar-refractivity contribution in [1.29, 1.82) is 0 Å². The molecule has 194 valence electrons. The molecule has 6 heteroatoms. The number of nitrogens with zero attached hydrogens (tertiary/aromatic N) is 5. The lowest BCUT2D eigenvalue weighted by Gasteiger charge is -2.42. The van der Waals surface area contributed by atoms with Gasteiger partial charge in [-0.2, -0.15) is 9.97 Å². The minimum Gasteiger partial charge on any atom is -0.367 e. The van der Waals surface area contributed by atoms with Crippen LogP contribution in [0.3, 0.4) is 0 Å². The fourth-order valence-corrected chi connectivity index (χ4v) is 5.84. The van der Waals surface area contributed by atoms with Crippen LogP contribution < -0.4 is 15.1 Å². The molecular weight excluding hydrogens is 432 g/mol. The van der Waals surface area contributed by atoms with Gasteiger partial charge in [0.15, 0.2) is 0 Å². The predicted molar refractivity (Wildman–Crippen MR) is 149 cm³/mol. The SMILES string of the molecule is CC1C=CC=CC1(C)CN1CCN(c2nc(NC3CCC(C(C)(C)C)CC3)cc(N(C)C)n2)CC1. The Morgan fingerprint density at radius 1 is 1.03 bits per heavy atom. The van der Waals surface area contributed by atoms with Gasteiger partial charge in [-0.3, -0.25) is 4.90 Å². The van der Waals surface area contributed by atoms with E-state index >= 15 is 0 Å². The summed E-state index contributed by atoms with van der Waals surface area (Å²) in [5.41, 5.74) is 0.619. The minimum absolute atomic E-state index is 0.210. The van der Waals surface area contributed by atoms with E-state index in [1.165, 1.54) is 25.7 Å². The number of hydrogen-bond donors (Lipinski definition) is 1. The average molecular weight is 481 g/mol. The molecule has 1 aromatic rings. The zero-order valence-electron chi connectivity index (χ0n) is 23.2. The van der Waals surface area contributed by atoms with Gasteiger partial charge in [-0.25, -0.2) is 0 Å². The van der Waals surface area contributed by atoms with Crippen LogP contribution >= 0.6 is 0 Å². The molecule has 1 aromatic heterocycles. The molecule has 1 saturated carbocycles. The Hall–Kier alpha value is -2.08. The van der Waals surface area contributed by atoms with E-state index < -0.39 is 0 Å². The summed E-state index contributed by atoms with van der Waals surface area (Å²) in [5.74, 6) is 4.20. The second-order valence-electron chi connectivity index (χ2n) is 12.7. The zero-order valence-corrected chi connectivity index (χ0v) is 23.2. The zero-order chi connectivity index (χ0) is 25.2. The van der Waals surface area contributed by atoms with Crippen LogP contribution in [-0.4, -0.2) is 67.7 Å². The van der Waals surface area contributed by atoms with Gasteiger partial charge in [-0.15, -0.1) is 0 Å². The molecule has 0 aromatic carbocycles. The van der Waals surface area contributed by atoms with Crippen molar-refractivity contribution in [3.05, 3.63) is 30.4 Å². The van der Waals surface area contributed by atoms with Crippen molar-refractivity contribution in [3.8, 4) is 0 Å². The van der Waals surface area contributed by atoms with E-state index in [4.69, 9.17) is 9.97 Å². The monoisotopic (exact) mass is 480 g/mol. The number of aromatic nitrogens is 2. The molecule has 1 aliphatic heterocycles. The number of allylic oxidation sites excluding steroid dienone is 3. The van der Waals surface area contributed by atoms with Crippen molar-refractivity contribution in [2.75, 3.05) is 61.9 Å². The summed E-state index contributed by atoms with van der Waals surface area (Å²) in [4.78, 5) is 17.0. The maximum Gasteiger partial charge on any atom is 0.229 e. The molecule has 2 atom stereocenters. The van der Waals surface area contributed by atoms with Gasteiger partial charge in [0, 0.05) is 64.3 Å². The second-order valence-corrected chi connectivity index (χ2v) is 12.7. The molecule has 2 fully saturated rings. The molecule has 35 heavy (non-hydrogen) atoms. The van der Waals surface area contributed by atoms with E-state index in [0.29, 0.717) is 17.4 Å².